The molecule has 1 heterocycles. The van der Waals surface area contributed by atoms with E-state index >= 15 is 0 Å². The normalized spacial score (nSPS) is 26.8. The summed E-state index contributed by atoms with van der Waals surface area (Å²) in [7, 11) is -11.8. The summed E-state index contributed by atoms with van der Waals surface area (Å²) < 4.78 is 90.9. The van der Waals surface area contributed by atoms with Crippen molar-refractivity contribution in [1.29, 1.82) is 0 Å². The largest absolute Gasteiger partial charge is 0.531 e. The van der Waals surface area contributed by atoms with Crippen LogP contribution in [-0.2, 0) is 69.3 Å². The third-order valence-electron chi connectivity index (χ3n) is 4.71. The zero-order valence-electron chi connectivity index (χ0n) is 22.2. The molecule has 3 N–H and O–H groups in total. The van der Waals surface area contributed by atoms with E-state index in [9.17, 15) is 42.8 Å². The number of ether oxygens (including phenoxy) is 6. The van der Waals surface area contributed by atoms with Gasteiger partial charge in [0.15, 0.2) is 24.6 Å². The van der Waals surface area contributed by atoms with Gasteiger partial charge in [0.05, 0.1) is 6.61 Å². The van der Waals surface area contributed by atoms with E-state index in [4.69, 9.17) is 28.4 Å². The molecule has 3 unspecified atom stereocenters. The zero-order chi connectivity index (χ0) is 31.4. The predicted molar refractivity (Wildman–Crippen MR) is 126 cm³/mol. The summed E-state index contributed by atoms with van der Waals surface area (Å²) in [5, 5.41) is 0. The first-order valence-corrected chi connectivity index (χ1v) is 15.6. The van der Waals surface area contributed by atoms with Crippen molar-refractivity contribution in [2.45, 2.75) is 50.5 Å². The van der Waals surface area contributed by atoms with Crippen LogP contribution in [-0.4, -0.2) is 106 Å². The van der Waals surface area contributed by atoms with E-state index in [2.05, 4.69) is 27.1 Å². The van der Waals surface area contributed by atoms with Crippen molar-refractivity contribution < 1.29 is 98.3 Å². The van der Waals surface area contributed by atoms with Gasteiger partial charge in [-0.25, -0.2) is 28.1 Å². The van der Waals surface area contributed by atoms with Crippen LogP contribution in [0.1, 0.15) is 19.8 Å². The van der Waals surface area contributed by atoms with E-state index in [0.717, 1.165) is 21.3 Å². The zero-order valence-corrected chi connectivity index (χ0v) is 24.9. The van der Waals surface area contributed by atoms with E-state index in [-0.39, 0.29) is 6.61 Å². The summed E-state index contributed by atoms with van der Waals surface area (Å²) in [6.45, 7) is 1.58. The number of hydrogen-bond acceptors (Lipinski definition) is 18. The van der Waals surface area contributed by atoms with Crippen LogP contribution in [0.3, 0.4) is 0 Å². The second-order valence-electron chi connectivity index (χ2n) is 7.43. The van der Waals surface area contributed by atoms with Gasteiger partial charge < -0.3 is 42.0 Å². The number of rotatable bonds is 15. The summed E-state index contributed by atoms with van der Waals surface area (Å²) in [6, 6.07) is 0. The van der Waals surface area contributed by atoms with Crippen LogP contribution in [0.2, 0.25) is 0 Å². The molecule has 24 heteroatoms. The van der Waals surface area contributed by atoms with E-state index < -0.39 is 79.2 Å². The fourth-order valence-corrected chi connectivity index (χ4v) is 3.76. The Kier molecular flexibility index (Phi) is 15.1. The molecule has 1 rings (SSSR count). The van der Waals surface area contributed by atoms with Crippen LogP contribution in [0.15, 0.2) is 0 Å². The SMILES string of the molecule is CCCCOC[C@H]1O[C@H](OC)[C@@H](OC(=O)OP(=O)(O)OC)[C@@H](OC(=O)OP(=O)(O)OC)[C@@H]1OC(=O)OP(=O)(O)OC. The molecule has 0 spiro atoms. The maximum atomic E-state index is 12.4. The first-order valence-electron chi connectivity index (χ1n) is 11.2. The van der Waals surface area contributed by atoms with Crippen LogP contribution in [0.25, 0.3) is 0 Å². The van der Waals surface area contributed by atoms with E-state index in [0.29, 0.717) is 20.0 Å². The summed E-state index contributed by atoms with van der Waals surface area (Å²) >= 11 is 0. The maximum Gasteiger partial charge on any atom is 0.531 e. The highest BCUT2D eigenvalue weighted by atomic mass is 31.2. The quantitative estimate of drug-likeness (QED) is 0.0976. The molecule has 0 aromatic rings. The molecule has 0 bridgehead atoms. The van der Waals surface area contributed by atoms with Crippen molar-refractivity contribution >= 4 is 41.9 Å². The second-order valence-corrected chi connectivity index (χ2v) is 11.9. The predicted octanol–water partition coefficient (Wildman–Crippen LogP) is 1.98. The number of hydrogen-bond donors (Lipinski definition) is 3. The van der Waals surface area contributed by atoms with Crippen LogP contribution in [0.5, 0.6) is 0 Å². The van der Waals surface area contributed by atoms with Crippen molar-refractivity contribution in [3.8, 4) is 0 Å². The summed E-state index contributed by atoms with van der Waals surface area (Å²) in [6.07, 6.45) is -13.9. The Morgan fingerprint density at radius 3 is 1.51 bits per heavy atom. The lowest BCUT2D eigenvalue weighted by molar-refractivity contribution is -0.297. The average Bonchev–Trinajstić information content (AvgIpc) is 2.88. The lowest BCUT2D eigenvalue weighted by atomic mass is 9.98. The van der Waals surface area contributed by atoms with E-state index in [1.807, 2.05) is 6.92 Å². The second kappa shape index (κ2) is 16.7. The molecule has 41 heavy (non-hydrogen) atoms. The molecule has 0 aliphatic carbocycles. The molecular formula is C17H31O21P3. The molecule has 21 nitrogen and oxygen atoms in total. The molecule has 0 aromatic carbocycles. The van der Waals surface area contributed by atoms with Gasteiger partial charge in [-0.1, -0.05) is 13.3 Å². The minimum Gasteiger partial charge on any atom is -0.424 e. The van der Waals surface area contributed by atoms with Gasteiger partial charge in [-0.05, 0) is 6.42 Å². The molecule has 0 radical (unpaired) electrons. The molecule has 1 aliphatic rings. The summed E-state index contributed by atoms with van der Waals surface area (Å²) in [5.41, 5.74) is 0. The van der Waals surface area contributed by atoms with Crippen molar-refractivity contribution in [3.05, 3.63) is 0 Å². The minimum absolute atomic E-state index is 0.158. The van der Waals surface area contributed by atoms with Gasteiger partial charge >= 0.3 is 41.9 Å². The lowest BCUT2D eigenvalue weighted by Crippen LogP contribution is -2.62. The molecule has 0 aromatic heterocycles. The highest BCUT2D eigenvalue weighted by Gasteiger charge is 2.54. The van der Waals surface area contributed by atoms with Gasteiger partial charge in [0, 0.05) is 35.0 Å². The topological polar surface area (TPSA) is 274 Å². The molecule has 1 fully saturated rings. The van der Waals surface area contributed by atoms with Crippen LogP contribution >= 0.6 is 23.5 Å². The Balaban J connectivity index is 3.50. The monoisotopic (exact) mass is 664 g/mol. The highest BCUT2D eigenvalue weighted by molar-refractivity contribution is 7.48. The standard InChI is InChI=1S/C17H31O21P3/c1-6-7-8-31-9-10-11(33-15(18)36-39(21,22)28-3)12(34-16(19)37-40(23,24)29-4)13(14(27-2)32-10)35-17(20)38-41(25,26)30-5/h10-14H,6-9H2,1-5H3,(H,21,22)(H,23,24)(H,25,26)/t10-,11-,12+,13+,14+/m1/s1. The molecule has 0 amide bonds. The van der Waals surface area contributed by atoms with Gasteiger partial charge in [0.2, 0.25) is 0 Å². The number of carbonyl (C=O) groups is 3. The number of carbonyl (C=O) groups excluding carboxylic acids is 3. The third kappa shape index (κ3) is 12.9. The van der Waals surface area contributed by atoms with Gasteiger partial charge in [-0.15, -0.1) is 0 Å². The van der Waals surface area contributed by atoms with Crippen molar-refractivity contribution in [1.82, 2.24) is 0 Å². The van der Waals surface area contributed by atoms with Crippen molar-refractivity contribution in [3.63, 3.8) is 0 Å². The molecule has 240 valence electrons. The number of phosphoric acid groups is 3. The molecular weight excluding hydrogens is 633 g/mol. The Morgan fingerprint density at radius 1 is 0.707 bits per heavy atom. The number of unbranched alkanes of at least 4 members (excludes halogenated alkanes) is 1. The van der Waals surface area contributed by atoms with Crippen molar-refractivity contribution in [2.24, 2.45) is 0 Å². The Bertz CT molecular complexity index is 1020. The van der Waals surface area contributed by atoms with Gasteiger partial charge in [-0.2, -0.15) is 0 Å². The van der Waals surface area contributed by atoms with Crippen LogP contribution < -0.4 is 0 Å². The van der Waals surface area contributed by atoms with E-state index in [1.54, 1.807) is 0 Å². The smallest absolute Gasteiger partial charge is 0.424 e. The Labute approximate surface area is 232 Å². The number of methoxy groups -OCH3 is 1. The summed E-state index contributed by atoms with van der Waals surface area (Å²) in [4.78, 5) is 65.3. The Hall–Kier alpha value is -1.86. The molecule has 1 aliphatic heterocycles. The van der Waals surface area contributed by atoms with Crippen LogP contribution in [0.4, 0.5) is 14.4 Å². The molecule has 8 atom stereocenters. The van der Waals surface area contributed by atoms with Gasteiger partial charge in [-0.3, -0.25) is 28.3 Å². The van der Waals surface area contributed by atoms with Crippen molar-refractivity contribution in [2.75, 3.05) is 41.7 Å². The van der Waals surface area contributed by atoms with E-state index in [1.165, 1.54) is 0 Å². The first kappa shape index (κ1) is 37.2. The fourth-order valence-electron chi connectivity index (χ4n) is 2.84. The van der Waals surface area contributed by atoms with Gasteiger partial charge in [0.1, 0.15) is 6.10 Å². The summed E-state index contributed by atoms with van der Waals surface area (Å²) in [5.74, 6) is 0. The van der Waals surface area contributed by atoms with Crippen LogP contribution in [0, 0.1) is 0 Å². The fraction of sp³-hybridized carbons (Fsp3) is 0.824. The average molecular weight is 664 g/mol. The highest BCUT2D eigenvalue weighted by Crippen LogP contribution is 2.45. The molecule has 0 saturated carbocycles. The first-order chi connectivity index (χ1) is 19.0. The molecule has 1 saturated heterocycles. The third-order valence-corrected chi connectivity index (χ3v) is 7.23. The lowest BCUT2D eigenvalue weighted by Gasteiger charge is -2.43. The maximum absolute atomic E-state index is 12.4. The number of phosphoric ester groups is 3. The Morgan fingerprint density at radius 2 is 1.12 bits per heavy atom. The minimum atomic E-state index is -5.02. The van der Waals surface area contributed by atoms with Gasteiger partial charge in [0.25, 0.3) is 0 Å².